The van der Waals surface area contributed by atoms with E-state index in [2.05, 4.69) is 20.3 Å². The molecule has 0 radical (unpaired) electrons. The summed E-state index contributed by atoms with van der Waals surface area (Å²) < 4.78 is 4.57. The highest BCUT2D eigenvalue weighted by atomic mass is 35.5. The highest BCUT2D eigenvalue weighted by Gasteiger charge is 2.18. The normalized spacial score (nSPS) is 16.6. The number of carbonyl (C=O) groups is 1. The molecule has 0 atom stereocenters. The Bertz CT molecular complexity index is 349. The molecule has 0 unspecified atom stereocenters. The topological polar surface area (TPSA) is 69.0 Å². The first kappa shape index (κ1) is 12.9. The van der Waals surface area contributed by atoms with Crippen molar-refractivity contribution in [2.45, 2.75) is 18.9 Å². The molecule has 7 heteroatoms. The first-order valence-corrected chi connectivity index (χ1v) is 5.02. The lowest BCUT2D eigenvalue weighted by atomic mass is 10.1. The average molecular weight is 247 g/mol. The number of ether oxygens (including phenoxy) is 1. The quantitative estimate of drug-likeness (QED) is 0.766. The molecular weight excluding hydrogens is 232 g/mol. The number of esters is 1. The Morgan fingerprint density at radius 3 is 2.88 bits per heavy atom. The summed E-state index contributed by atoms with van der Waals surface area (Å²) in [4.78, 5) is 12.8. The van der Waals surface area contributed by atoms with Crippen LogP contribution in [-0.2, 0) is 4.74 Å². The van der Waals surface area contributed by atoms with Crippen LogP contribution in [0, 0.1) is 0 Å². The monoisotopic (exact) mass is 246 g/mol. The van der Waals surface area contributed by atoms with E-state index in [-0.39, 0.29) is 18.1 Å². The predicted octanol–water partition coefficient (Wildman–Crippen LogP) is 0.411. The molecule has 1 aromatic heterocycles. The zero-order chi connectivity index (χ0) is 10.7. The molecule has 1 fully saturated rings. The molecule has 16 heavy (non-hydrogen) atoms. The fourth-order valence-corrected chi connectivity index (χ4v) is 1.69. The van der Waals surface area contributed by atoms with Crippen molar-refractivity contribution in [3.8, 4) is 0 Å². The summed E-state index contributed by atoms with van der Waals surface area (Å²) >= 11 is 0. The minimum atomic E-state index is -0.435. The second-order valence-corrected chi connectivity index (χ2v) is 3.52. The summed E-state index contributed by atoms with van der Waals surface area (Å²) in [5.41, 5.74) is 0.274. The molecule has 0 spiro atoms. The fourth-order valence-electron chi connectivity index (χ4n) is 1.69. The van der Waals surface area contributed by atoms with Gasteiger partial charge in [-0.05, 0) is 25.9 Å². The van der Waals surface area contributed by atoms with Gasteiger partial charge in [0.15, 0.2) is 5.69 Å². The van der Waals surface area contributed by atoms with Crippen molar-refractivity contribution in [1.82, 2.24) is 20.3 Å². The summed E-state index contributed by atoms with van der Waals surface area (Å²) in [6.07, 6.45) is 3.44. The molecule has 0 saturated carbocycles. The number of methoxy groups -OCH3 is 1. The van der Waals surface area contributed by atoms with E-state index >= 15 is 0 Å². The highest BCUT2D eigenvalue weighted by molar-refractivity contribution is 5.86. The number of halogens is 1. The van der Waals surface area contributed by atoms with Crippen LogP contribution in [-0.4, -0.2) is 41.2 Å². The number of piperidine rings is 1. The minimum Gasteiger partial charge on any atom is -0.464 e. The Morgan fingerprint density at radius 1 is 1.56 bits per heavy atom. The molecule has 1 saturated heterocycles. The third-order valence-corrected chi connectivity index (χ3v) is 2.54. The zero-order valence-corrected chi connectivity index (χ0v) is 9.87. The van der Waals surface area contributed by atoms with Crippen LogP contribution in [0.1, 0.15) is 29.4 Å². The van der Waals surface area contributed by atoms with Crippen LogP contribution in [0.5, 0.6) is 0 Å². The number of hydrogen-bond acceptors (Lipinski definition) is 5. The van der Waals surface area contributed by atoms with Gasteiger partial charge in [0.25, 0.3) is 0 Å². The van der Waals surface area contributed by atoms with Crippen LogP contribution in [0.3, 0.4) is 0 Å². The lowest BCUT2D eigenvalue weighted by Crippen LogP contribution is -2.30. The zero-order valence-electron chi connectivity index (χ0n) is 9.05. The smallest absolute Gasteiger partial charge is 0.360 e. The molecule has 90 valence electrons. The maximum absolute atomic E-state index is 11.2. The SMILES string of the molecule is COC(=O)c1cnn(C2CCNCC2)n1.Cl. The molecule has 2 rings (SSSR count). The second-order valence-electron chi connectivity index (χ2n) is 3.52. The van der Waals surface area contributed by atoms with Crippen molar-refractivity contribution in [2.75, 3.05) is 20.2 Å². The van der Waals surface area contributed by atoms with Gasteiger partial charge in [-0.2, -0.15) is 9.90 Å². The van der Waals surface area contributed by atoms with E-state index in [0.29, 0.717) is 6.04 Å². The molecule has 0 bridgehead atoms. The molecule has 0 aliphatic carbocycles. The van der Waals surface area contributed by atoms with Gasteiger partial charge < -0.3 is 10.1 Å². The van der Waals surface area contributed by atoms with Crippen LogP contribution in [0.2, 0.25) is 0 Å². The van der Waals surface area contributed by atoms with Crippen molar-refractivity contribution in [1.29, 1.82) is 0 Å². The van der Waals surface area contributed by atoms with Gasteiger partial charge in [-0.25, -0.2) is 4.79 Å². The molecule has 1 aromatic rings. The van der Waals surface area contributed by atoms with Crippen LogP contribution in [0.4, 0.5) is 0 Å². The van der Waals surface area contributed by atoms with Crippen LogP contribution < -0.4 is 5.32 Å². The van der Waals surface area contributed by atoms with Gasteiger partial charge in [0.2, 0.25) is 0 Å². The first-order chi connectivity index (χ1) is 7.31. The maximum atomic E-state index is 11.2. The van der Waals surface area contributed by atoms with E-state index in [1.54, 1.807) is 4.80 Å². The summed E-state index contributed by atoms with van der Waals surface area (Å²) in [6, 6.07) is 0.296. The molecule has 1 N–H and O–H groups in total. The first-order valence-electron chi connectivity index (χ1n) is 5.02. The third kappa shape index (κ3) is 2.70. The summed E-state index contributed by atoms with van der Waals surface area (Å²) in [5, 5.41) is 11.5. The predicted molar refractivity (Wildman–Crippen MR) is 59.8 cm³/mol. The van der Waals surface area contributed by atoms with E-state index in [0.717, 1.165) is 25.9 Å². The van der Waals surface area contributed by atoms with E-state index < -0.39 is 5.97 Å². The summed E-state index contributed by atoms with van der Waals surface area (Å²) in [6.45, 7) is 1.94. The number of carbonyl (C=O) groups excluding carboxylic acids is 1. The minimum absolute atomic E-state index is 0. The second kappa shape index (κ2) is 5.81. The van der Waals surface area contributed by atoms with Crippen LogP contribution >= 0.6 is 12.4 Å². The van der Waals surface area contributed by atoms with Gasteiger partial charge in [0.05, 0.1) is 19.3 Å². The molecular formula is C9H15ClN4O2. The lowest BCUT2D eigenvalue weighted by Gasteiger charge is -2.21. The molecule has 2 heterocycles. The van der Waals surface area contributed by atoms with Crippen molar-refractivity contribution in [3.05, 3.63) is 11.9 Å². The Balaban J connectivity index is 0.00000128. The van der Waals surface area contributed by atoms with Crippen LogP contribution in [0.25, 0.3) is 0 Å². The van der Waals surface area contributed by atoms with Crippen molar-refractivity contribution < 1.29 is 9.53 Å². The number of nitrogens with zero attached hydrogens (tertiary/aromatic N) is 3. The Morgan fingerprint density at radius 2 is 2.25 bits per heavy atom. The molecule has 1 aliphatic heterocycles. The van der Waals surface area contributed by atoms with Gasteiger partial charge in [0.1, 0.15) is 0 Å². The Labute approximate surface area is 99.8 Å². The molecule has 6 nitrogen and oxygen atoms in total. The third-order valence-electron chi connectivity index (χ3n) is 2.54. The Hall–Kier alpha value is -1.14. The average Bonchev–Trinajstić information content (AvgIpc) is 2.78. The van der Waals surface area contributed by atoms with E-state index in [1.165, 1.54) is 13.3 Å². The van der Waals surface area contributed by atoms with Gasteiger partial charge >= 0.3 is 5.97 Å². The number of aromatic nitrogens is 3. The van der Waals surface area contributed by atoms with E-state index in [4.69, 9.17) is 0 Å². The van der Waals surface area contributed by atoms with Gasteiger partial charge in [-0.3, -0.25) is 0 Å². The van der Waals surface area contributed by atoms with Crippen molar-refractivity contribution in [2.24, 2.45) is 0 Å². The van der Waals surface area contributed by atoms with Gasteiger partial charge in [0, 0.05) is 0 Å². The van der Waals surface area contributed by atoms with Crippen molar-refractivity contribution >= 4 is 18.4 Å². The highest BCUT2D eigenvalue weighted by Crippen LogP contribution is 2.15. The number of hydrogen-bond donors (Lipinski definition) is 1. The summed E-state index contributed by atoms with van der Waals surface area (Å²) in [5.74, 6) is -0.435. The standard InChI is InChI=1S/C9H14N4O2.ClH/c1-15-9(14)8-6-11-13(12-8)7-2-4-10-5-3-7;/h6-7,10H,2-5H2,1H3;1H. The largest absolute Gasteiger partial charge is 0.464 e. The number of nitrogens with one attached hydrogen (secondary N) is 1. The van der Waals surface area contributed by atoms with Gasteiger partial charge in [-0.15, -0.1) is 17.5 Å². The number of rotatable bonds is 2. The van der Waals surface area contributed by atoms with Crippen molar-refractivity contribution in [3.63, 3.8) is 0 Å². The van der Waals surface area contributed by atoms with Gasteiger partial charge in [-0.1, -0.05) is 0 Å². The summed E-state index contributed by atoms with van der Waals surface area (Å²) in [7, 11) is 1.34. The molecule has 0 amide bonds. The van der Waals surface area contributed by atoms with Crippen LogP contribution in [0.15, 0.2) is 6.20 Å². The fraction of sp³-hybridized carbons (Fsp3) is 0.667. The lowest BCUT2D eigenvalue weighted by molar-refractivity contribution is 0.0592. The Kier molecular flexibility index (Phi) is 4.70. The molecule has 0 aromatic carbocycles. The maximum Gasteiger partial charge on any atom is 0.360 e. The molecule has 1 aliphatic rings. The van der Waals surface area contributed by atoms with E-state index in [9.17, 15) is 4.79 Å². The van der Waals surface area contributed by atoms with E-state index in [1.807, 2.05) is 0 Å².